The van der Waals surface area contributed by atoms with Crippen LogP contribution in [0.15, 0.2) is 29.3 Å². The SMILES string of the molecule is CCc1c(C#N)c(SCc2ccc(CNC(C)=O)cc2)nc(N2CCC(N(C(=O)O)C(C)(C)C)CC2)c1C#N. The number of pyridine rings is 1. The summed E-state index contributed by atoms with van der Waals surface area (Å²) in [6.45, 7) is 10.7. The van der Waals surface area contributed by atoms with E-state index < -0.39 is 11.6 Å². The first kappa shape index (κ1) is 29.8. The number of carbonyl (C=O) groups is 2. The van der Waals surface area contributed by atoms with Crippen molar-refractivity contribution in [3.05, 3.63) is 52.1 Å². The molecule has 0 radical (unpaired) electrons. The molecule has 1 aromatic heterocycles. The zero-order valence-corrected chi connectivity index (χ0v) is 24.1. The van der Waals surface area contributed by atoms with E-state index in [1.807, 2.05) is 52.0 Å². The van der Waals surface area contributed by atoms with Gasteiger partial charge in [0.05, 0.1) is 11.1 Å². The molecule has 0 bridgehead atoms. The van der Waals surface area contributed by atoms with Crippen molar-refractivity contribution in [3.63, 3.8) is 0 Å². The van der Waals surface area contributed by atoms with E-state index >= 15 is 0 Å². The fourth-order valence-corrected chi connectivity index (χ4v) is 5.93. The Morgan fingerprint density at radius 1 is 1.13 bits per heavy atom. The topological polar surface area (TPSA) is 133 Å². The molecule has 3 rings (SSSR count). The lowest BCUT2D eigenvalue weighted by Gasteiger charge is -2.44. The average molecular weight is 549 g/mol. The number of benzene rings is 1. The van der Waals surface area contributed by atoms with Crippen molar-refractivity contribution in [2.75, 3.05) is 18.0 Å². The minimum absolute atomic E-state index is 0.0780. The molecule has 1 aromatic carbocycles. The molecule has 2 aromatic rings. The van der Waals surface area contributed by atoms with Gasteiger partial charge in [-0.05, 0) is 56.7 Å². The van der Waals surface area contributed by atoms with Crippen LogP contribution in [-0.2, 0) is 23.5 Å². The maximum absolute atomic E-state index is 12.0. The quantitative estimate of drug-likeness (QED) is 0.437. The monoisotopic (exact) mass is 548 g/mol. The molecular formula is C29H36N6O3S. The average Bonchev–Trinajstić information content (AvgIpc) is 2.89. The third-order valence-corrected chi connectivity index (χ3v) is 7.87. The maximum Gasteiger partial charge on any atom is 0.407 e. The molecule has 2 N–H and O–H groups in total. The van der Waals surface area contributed by atoms with Gasteiger partial charge in [0, 0.05) is 43.9 Å². The first-order chi connectivity index (χ1) is 18.5. The van der Waals surface area contributed by atoms with Gasteiger partial charge in [-0.1, -0.05) is 31.2 Å². The predicted octanol–water partition coefficient (Wildman–Crippen LogP) is 5.06. The Kier molecular flexibility index (Phi) is 9.82. The fraction of sp³-hybridized carbons (Fsp3) is 0.483. The van der Waals surface area contributed by atoms with Gasteiger partial charge in [0.2, 0.25) is 5.91 Å². The smallest absolute Gasteiger partial charge is 0.407 e. The van der Waals surface area contributed by atoms with E-state index in [1.54, 1.807) is 0 Å². The molecule has 2 heterocycles. The Labute approximate surface area is 234 Å². The number of nitrogens with one attached hydrogen (secondary N) is 1. The van der Waals surface area contributed by atoms with Crippen LogP contribution in [0, 0.1) is 22.7 Å². The number of hydrogen-bond acceptors (Lipinski definition) is 7. The first-order valence-corrected chi connectivity index (χ1v) is 14.1. The van der Waals surface area contributed by atoms with Crippen molar-refractivity contribution in [1.82, 2.24) is 15.2 Å². The molecule has 1 aliphatic heterocycles. The zero-order valence-electron chi connectivity index (χ0n) is 23.2. The number of nitrogens with zero attached hydrogens (tertiary/aromatic N) is 5. The molecule has 9 nitrogen and oxygen atoms in total. The summed E-state index contributed by atoms with van der Waals surface area (Å²) in [4.78, 5) is 31.6. The summed E-state index contributed by atoms with van der Waals surface area (Å²) in [6, 6.07) is 12.4. The summed E-state index contributed by atoms with van der Waals surface area (Å²) < 4.78 is 0. The van der Waals surface area contributed by atoms with E-state index in [2.05, 4.69) is 22.4 Å². The van der Waals surface area contributed by atoms with Crippen molar-refractivity contribution in [2.45, 2.75) is 82.8 Å². The lowest BCUT2D eigenvalue weighted by molar-refractivity contribution is -0.119. The summed E-state index contributed by atoms with van der Waals surface area (Å²) in [7, 11) is 0. The van der Waals surface area contributed by atoms with Crippen LogP contribution in [0.25, 0.3) is 0 Å². The summed E-state index contributed by atoms with van der Waals surface area (Å²) in [5, 5.41) is 33.2. The number of nitriles is 2. The first-order valence-electron chi connectivity index (χ1n) is 13.1. The Bertz CT molecular complexity index is 1280. The molecule has 0 aliphatic carbocycles. The van der Waals surface area contributed by atoms with Crippen LogP contribution in [0.4, 0.5) is 10.6 Å². The van der Waals surface area contributed by atoms with Gasteiger partial charge in [-0.15, -0.1) is 11.8 Å². The Morgan fingerprint density at radius 2 is 1.72 bits per heavy atom. The molecule has 206 valence electrons. The van der Waals surface area contributed by atoms with Crippen LogP contribution < -0.4 is 10.2 Å². The van der Waals surface area contributed by atoms with Crippen molar-refractivity contribution in [3.8, 4) is 12.1 Å². The van der Waals surface area contributed by atoms with Crippen LogP contribution in [0.5, 0.6) is 0 Å². The molecule has 0 saturated carbocycles. The number of rotatable bonds is 8. The lowest BCUT2D eigenvalue weighted by atomic mass is 9.96. The lowest BCUT2D eigenvalue weighted by Crippen LogP contribution is -2.54. The van der Waals surface area contributed by atoms with Gasteiger partial charge in [0.25, 0.3) is 0 Å². The van der Waals surface area contributed by atoms with Gasteiger partial charge in [-0.3, -0.25) is 4.79 Å². The Morgan fingerprint density at radius 3 is 2.21 bits per heavy atom. The van der Waals surface area contributed by atoms with Gasteiger partial charge in [0.15, 0.2) is 0 Å². The number of carbonyl (C=O) groups excluding carboxylic acids is 1. The van der Waals surface area contributed by atoms with Crippen molar-refractivity contribution in [2.24, 2.45) is 0 Å². The van der Waals surface area contributed by atoms with Crippen LogP contribution in [0.2, 0.25) is 0 Å². The predicted molar refractivity (Wildman–Crippen MR) is 151 cm³/mol. The molecule has 1 fully saturated rings. The summed E-state index contributed by atoms with van der Waals surface area (Å²) >= 11 is 1.46. The van der Waals surface area contributed by atoms with Crippen molar-refractivity contribution in [1.29, 1.82) is 10.5 Å². The summed E-state index contributed by atoms with van der Waals surface area (Å²) in [5.74, 6) is 1.08. The van der Waals surface area contributed by atoms with Crippen LogP contribution in [0.1, 0.15) is 75.3 Å². The number of aromatic nitrogens is 1. The van der Waals surface area contributed by atoms with Gasteiger partial charge in [0.1, 0.15) is 23.0 Å². The van der Waals surface area contributed by atoms with Gasteiger partial charge in [-0.2, -0.15) is 10.5 Å². The van der Waals surface area contributed by atoms with Crippen LogP contribution >= 0.6 is 11.8 Å². The third kappa shape index (κ3) is 7.21. The molecule has 1 aliphatic rings. The highest BCUT2D eigenvalue weighted by Gasteiger charge is 2.36. The summed E-state index contributed by atoms with van der Waals surface area (Å²) in [5.41, 5.74) is 3.10. The normalized spacial score (nSPS) is 13.9. The minimum Gasteiger partial charge on any atom is -0.465 e. The molecule has 2 amide bonds. The van der Waals surface area contributed by atoms with Crippen LogP contribution in [0.3, 0.4) is 0 Å². The van der Waals surface area contributed by atoms with Crippen molar-refractivity contribution >= 4 is 29.6 Å². The number of piperidine rings is 1. The van der Waals surface area contributed by atoms with E-state index in [0.29, 0.717) is 72.2 Å². The standard InChI is InChI=1S/C29H36N6O3S/c1-6-23-24(15-30)26(34-13-11-22(12-14-34)35(28(37)38)29(3,4)5)33-27(25(23)16-31)39-18-21-9-7-20(8-10-21)17-32-19(2)36/h7-10,22H,6,11-14,17-18H2,1-5H3,(H,32,36)(H,37,38). The largest absolute Gasteiger partial charge is 0.465 e. The molecule has 10 heteroatoms. The molecule has 39 heavy (non-hydrogen) atoms. The second kappa shape index (κ2) is 12.9. The number of hydrogen-bond donors (Lipinski definition) is 2. The Balaban J connectivity index is 1.84. The van der Waals surface area contributed by atoms with E-state index in [9.17, 15) is 25.2 Å². The number of carboxylic acid groups (broad SMARTS) is 1. The highest BCUT2D eigenvalue weighted by Crippen LogP contribution is 2.35. The minimum atomic E-state index is -0.926. The molecule has 0 unspecified atom stereocenters. The van der Waals surface area contributed by atoms with Crippen LogP contribution in [-0.4, -0.2) is 51.7 Å². The van der Waals surface area contributed by atoms with Gasteiger partial charge >= 0.3 is 6.09 Å². The zero-order chi connectivity index (χ0) is 28.7. The number of anilines is 1. The molecule has 0 spiro atoms. The van der Waals surface area contributed by atoms with E-state index in [0.717, 1.165) is 11.1 Å². The molecule has 1 saturated heterocycles. The second-order valence-electron chi connectivity index (χ2n) is 10.6. The maximum atomic E-state index is 12.0. The second-order valence-corrected chi connectivity index (χ2v) is 11.6. The number of thioether (sulfide) groups is 1. The third-order valence-electron chi connectivity index (χ3n) is 6.82. The molecular weight excluding hydrogens is 512 g/mol. The van der Waals surface area contributed by atoms with Crippen molar-refractivity contribution < 1.29 is 14.7 Å². The van der Waals surface area contributed by atoms with Gasteiger partial charge < -0.3 is 20.2 Å². The number of amides is 2. The highest BCUT2D eigenvalue weighted by molar-refractivity contribution is 7.98. The van der Waals surface area contributed by atoms with E-state index in [1.165, 1.54) is 23.6 Å². The fourth-order valence-electron chi connectivity index (χ4n) is 4.97. The Hall–Kier alpha value is -3.76. The highest BCUT2D eigenvalue weighted by atomic mass is 32.2. The van der Waals surface area contributed by atoms with Gasteiger partial charge in [-0.25, -0.2) is 9.78 Å². The van der Waals surface area contributed by atoms with E-state index in [4.69, 9.17) is 4.98 Å². The summed E-state index contributed by atoms with van der Waals surface area (Å²) in [6.07, 6.45) is 0.862. The van der Waals surface area contributed by atoms with E-state index in [-0.39, 0.29) is 11.9 Å². The molecule has 0 atom stereocenters.